The summed E-state index contributed by atoms with van der Waals surface area (Å²) >= 11 is 1.70. The van der Waals surface area contributed by atoms with E-state index in [2.05, 4.69) is 35.2 Å². The Morgan fingerprint density at radius 2 is 2.18 bits per heavy atom. The predicted molar refractivity (Wildman–Crippen MR) is 72.1 cm³/mol. The Balaban J connectivity index is 2.48. The van der Waals surface area contributed by atoms with E-state index in [4.69, 9.17) is 4.74 Å². The highest BCUT2D eigenvalue weighted by Gasteiger charge is 2.11. The van der Waals surface area contributed by atoms with Gasteiger partial charge in [-0.05, 0) is 18.9 Å². The second-order valence-electron chi connectivity index (χ2n) is 3.74. The van der Waals surface area contributed by atoms with Crippen molar-refractivity contribution < 1.29 is 4.74 Å². The van der Waals surface area contributed by atoms with Gasteiger partial charge in [-0.15, -0.1) is 11.3 Å². The average Bonchev–Trinajstić information content (AvgIpc) is 2.78. The summed E-state index contributed by atoms with van der Waals surface area (Å²) in [6.45, 7) is 4.92. The fourth-order valence-electron chi connectivity index (χ4n) is 1.54. The minimum atomic E-state index is 0.619. The lowest BCUT2D eigenvalue weighted by molar-refractivity contribution is 0.309. The molecule has 1 N–H and O–H groups in total. The van der Waals surface area contributed by atoms with E-state index in [-0.39, 0.29) is 0 Å². The van der Waals surface area contributed by atoms with Crippen LogP contribution in [0.25, 0.3) is 10.2 Å². The van der Waals surface area contributed by atoms with Gasteiger partial charge in [-0.2, -0.15) is 4.98 Å². The minimum absolute atomic E-state index is 0.619. The number of fused-ring (bicyclic) bond motifs is 1. The fraction of sp³-hybridized carbons (Fsp3) is 0.500. The molecule has 17 heavy (non-hydrogen) atoms. The quantitative estimate of drug-likeness (QED) is 0.887. The van der Waals surface area contributed by atoms with Gasteiger partial charge in [0.05, 0.1) is 12.0 Å². The Morgan fingerprint density at radius 1 is 1.35 bits per heavy atom. The highest BCUT2D eigenvalue weighted by atomic mass is 32.1. The summed E-state index contributed by atoms with van der Waals surface area (Å²) in [7, 11) is 1.82. The van der Waals surface area contributed by atoms with Crippen LogP contribution in [0.2, 0.25) is 0 Å². The number of rotatable bonds is 5. The van der Waals surface area contributed by atoms with E-state index in [9.17, 15) is 0 Å². The van der Waals surface area contributed by atoms with Gasteiger partial charge in [-0.25, -0.2) is 4.98 Å². The lowest BCUT2D eigenvalue weighted by Crippen LogP contribution is -2.02. The van der Waals surface area contributed by atoms with Gasteiger partial charge in [0.15, 0.2) is 0 Å². The van der Waals surface area contributed by atoms with Crippen molar-refractivity contribution in [2.45, 2.75) is 26.7 Å². The molecule has 0 spiro atoms. The minimum Gasteiger partial charge on any atom is -0.477 e. The van der Waals surface area contributed by atoms with E-state index in [1.165, 1.54) is 4.88 Å². The monoisotopic (exact) mass is 251 g/mol. The summed E-state index contributed by atoms with van der Waals surface area (Å²) in [5.74, 6) is 1.31. The summed E-state index contributed by atoms with van der Waals surface area (Å²) < 4.78 is 5.68. The maximum Gasteiger partial charge on any atom is 0.227 e. The molecule has 0 aliphatic rings. The van der Waals surface area contributed by atoms with Crippen LogP contribution in [0.1, 0.15) is 25.1 Å². The molecular weight excluding hydrogens is 234 g/mol. The molecule has 4 nitrogen and oxygen atoms in total. The van der Waals surface area contributed by atoms with E-state index in [1.54, 1.807) is 11.3 Å². The smallest absolute Gasteiger partial charge is 0.227 e. The number of hydrogen-bond donors (Lipinski definition) is 1. The second kappa shape index (κ2) is 5.31. The topological polar surface area (TPSA) is 47.0 Å². The number of nitrogens with one attached hydrogen (secondary N) is 1. The van der Waals surface area contributed by atoms with Crippen molar-refractivity contribution in [3.8, 4) is 5.88 Å². The Bertz CT molecular complexity index is 510. The van der Waals surface area contributed by atoms with Gasteiger partial charge < -0.3 is 10.1 Å². The Hall–Kier alpha value is -1.36. The maximum atomic E-state index is 5.68. The molecule has 2 aromatic rings. The highest BCUT2D eigenvalue weighted by Crippen LogP contribution is 2.31. The number of aromatic nitrogens is 2. The van der Waals surface area contributed by atoms with Crippen molar-refractivity contribution in [1.82, 2.24) is 9.97 Å². The van der Waals surface area contributed by atoms with Gasteiger partial charge in [-0.1, -0.05) is 13.8 Å². The lowest BCUT2D eigenvalue weighted by Gasteiger charge is -2.06. The number of nitrogens with zero attached hydrogens (tertiary/aromatic N) is 2. The number of aryl methyl sites for hydroxylation is 1. The summed E-state index contributed by atoms with van der Waals surface area (Å²) in [5.41, 5.74) is 0. The first-order chi connectivity index (χ1) is 8.28. The van der Waals surface area contributed by atoms with Gasteiger partial charge in [0.1, 0.15) is 4.83 Å². The first-order valence-electron chi connectivity index (χ1n) is 5.89. The Labute approximate surface area is 105 Å². The van der Waals surface area contributed by atoms with Crippen LogP contribution in [-0.4, -0.2) is 23.6 Å². The van der Waals surface area contributed by atoms with Crippen LogP contribution in [0.15, 0.2) is 6.07 Å². The average molecular weight is 251 g/mol. The molecule has 0 atom stereocenters. The third-order valence-corrected chi connectivity index (χ3v) is 3.60. The molecule has 2 heterocycles. The van der Waals surface area contributed by atoms with Crippen LogP contribution in [-0.2, 0) is 6.42 Å². The molecule has 92 valence electrons. The third-order valence-electron chi connectivity index (χ3n) is 2.42. The highest BCUT2D eigenvalue weighted by molar-refractivity contribution is 7.18. The summed E-state index contributed by atoms with van der Waals surface area (Å²) in [4.78, 5) is 11.1. The third kappa shape index (κ3) is 2.49. The predicted octanol–water partition coefficient (Wildman–Crippen LogP) is 3.08. The number of thiophene rings is 1. The molecule has 0 aromatic carbocycles. The van der Waals surface area contributed by atoms with Crippen molar-refractivity contribution in [3.05, 3.63) is 10.9 Å². The van der Waals surface area contributed by atoms with Crippen molar-refractivity contribution >= 4 is 27.5 Å². The largest absolute Gasteiger partial charge is 0.477 e. The fourth-order valence-corrected chi connectivity index (χ4v) is 2.50. The van der Waals surface area contributed by atoms with Crippen molar-refractivity contribution in [1.29, 1.82) is 0 Å². The number of anilines is 1. The normalized spacial score (nSPS) is 10.8. The molecule has 0 saturated carbocycles. The van der Waals surface area contributed by atoms with E-state index >= 15 is 0 Å². The van der Waals surface area contributed by atoms with Gasteiger partial charge in [-0.3, -0.25) is 0 Å². The van der Waals surface area contributed by atoms with Crippen molar-refractivity contribution in [2.24, 2.45) is 0 Å². The molecule has 0 radical (unpaired) electrons. The molecule has 0 aliphatic carbocycles. The van der Waals surface area contributed by atoms with Crippen LogP contribution < -0.4 is 10.1 Å². The van der Waals surface area contributed by atoms with Crippen LogP contribution >= 0.6 is 11.3 Å². The zero-order valence-electron chi connectivity index (χ0n) is 10.4. The van der Waals surface area contributed by atoms with Gasteiger partial charge in [0, 0.05) is 11.9 Å². The maximum absolute atomic E-state index is 5.68. The molecule has 2 aromatic heterocycles. The molecule has 5 heteroatoms. The van der Waals surface area contributed by atoms with Gasteiger partial charge >= 0.3 is 0 Å². The van der Waals surface area contributed by atoms with Crippen LogP contribution in [0, 0.1) is 0 Å². The molecule has 0 bridgehead atoms. The van der Waals surface area contributed by atoms with Crippen molar-refractivity contribution in [3.63, 3.8) is 0 Å². The van der Waals surface area contributed by atoms with Gasteiger partial charge in [0.25, 0.3) is 0 Å². The SMILES string of the molecule is CCCOc1nc(NC)nc2sc(CC)cc12. The summed E-state index contributed by atoms with van der Waals surface area (Å²) in [6, 6.07) is 2.13. The molecule has 0 saturated heterocycles. The summed E-state index contributed by atoms with van der Waals surface area (Å²) in [6.07, 6.45) is 1.99. The molecule has 0 unspecified atom stereocenters. The number of hydrogen-bond acceptors (Lipinski definition) is 5. The molecular formula is C12H17N3OS. The van der Waals surface area contributed by atoms with Crippen LogP contribution in [0.5, 0.6) is 5.88 Å². The first-order valence-corrected chi connectivity index (χ1v) is 6.71. The van der Waals surface area contributed by atoms with Gasteiger partial charge in [0.2, 0.25) is 11.8 Å². The zero-order valence-corrected chi connectivity index (χ0v) is 11.2. The standard InChI is InChI=1S/C12H17N3OS/c1-4-6-16-10-9-7-8(5-2)17-11(9)15-12(13-3)14-10/h7H,4-6H2,1-3H3,(H,13,14,15). The van der Waals surface area contributed by atoms with Crippen molar-refractivity contribution in [2.75, 3.05) is 19.0 Å². The van der Waals surface area contributed by atoms with E-state index < -0.39 is 0 Å². The number of ether oxygens (including phenoxy) is 1. The van der Waals surface area contributed by atoms with E-state index in [0.717, 1.165) is 23.1 Å². The van der Waals surface area contributed by atoms with Crippen LogP contribution in [0.3, 0.4) is 0 Å². The first kappa shape index (κ1) is 12.1. The van der Waals surface area contributed by atoms with E-state index in [1.807, 2.05) is 7.05 Å². The summed E-state index contributed by atoms with van der Waals surface area (Å²) in [5, 5.41) is 3.99. The lowest BCUT2D eigenvalue weighted by atomic mass is 10.3. The van der Waals surface area contributed by atoms with Crippen LogP contribution in [0.4, 0.5) is 5.95 Å². The zero-order chi connectivity index (χ0) is 12.3. The molecule has 0 fully saturated rings. The molecule has 2 rings (SSSR count). The molecule has 0 aliphatic heterocycles. The van der Waals surface area contributed by atoms with E-state index in [0.29, 0.717) is 18.4 Å². The molecule has 0 amide bonds. The Morgan fingerprint density at radius 3 is 2.82 bits per heavy atom. The second-order valence-corrected chi connectivity index (χ2v) is 4.85. The Kier molecular flexibility index (Phi) is 3.78.